The third-order valence-electron chi connectivity index (χ3n) is 5.90. The van der Waals surface area contributed by atoms with Gasteiger partial charge in [0.25, 0.3) is 0 Å². The Bertz CT molecular complexity index is 717. The fraction of sp³-hybridized carbons (Fsp3) is 0.679. The molecule has 0 aliphatic carbocycles. The van der Waals surface area contributed by atoms with Crippen LogP contribution in [0.2, 0.25) is 0 Å². The molecule has 2 saturated heterocycles. The van der Waals surface area contributed by atoms with E-state index in [9.17, 15) is 19.0 Å². The Hall–Kier alpha value is -2.07. The predicted molar refractivity (Wildman–Crippen MR) is 145 cm³/mol. The zero-order valence-electron chi connectivity index (χ0n) is 23.2. The van der Waals surface area contributed by atoms with Gasteiger partial charge in [0.1, 0.15) is 0 Å². The molecular weight excluding hydrogens is 482 g/mol. The zero-order valence-corrected chi connectivity index (χ0v) is 23.2. The summed E-state index contributed by atoms with van der Waals surface area (Å²) in [6.07, 6.45) is 6.84. The molecule has 2 N–H and O–H groups in total. The highest BCUT2D eigenvalue weighted by atomic mass is 19.3. The number of aliphatic hydroxyl groups is 2. The molecule has 0 saturated carbocycles. The number of halogens is 2. The Morgan fingerprint density at radius 3 is 2.35 bits per heavy atom. The second-order valence-corrected chi connectivity index (χ2v) is 8.91. The maximum Gasteiger partial charge on any atom is 0.238 e. The highest BCUT2D eigenvalue weighted by molar-refractivity contribution is 5.46. The first-order chi connectivity index (χ1) is 17.6. The van der Waals surface area contributed by atoms with Gasteiger partial charge in [0.15, 0.2) is 6.40 Å². The van der Waals surface area contributed by atoms with Crippen molar-refractivity contribution >= 4 is 6.40 Å². The van der Waals surface area contributed by atoms with Crippen LogP contribution in [0, 0.1) is 0 Å². The van der Waals surface area contributed by atoms with Crippen LogP contribution in [0.3, 0.4) is 0 Å². The molecule has 0 aromatic carbocycles. The van der Waals surface area contributed by atoms with Crippen LogP contribution in [0.15, 0.2) is 53.3 Å². The molecule has 2 aliphatic rings. The van der Waals surface area contributed by atoms with Crippen molar-refractivity contribution in [3.8, 4) is 0 Å². The fourth-order valence-corrected chi connectivity index (χ4v) is 3.29. The molecule has 0 amide bonds. The summed E-state index contributed by atoms with van der Waals surface area (Å²) in [5, 5.41) is 25.6. The number of hydrogen-bond acceptors (Lipinski definition) is 7. The molecule has 0 spiro atoms. The maximum atomic E-state index is 10.8. The van der Waals surface area contributed by atoms with E-state index in [1.807, 2.05) is 37.9 Å². The predicted octanol–water partition coefficient (Wildman–Crippen LogP) is 5.96. The van der Waals surface area contributed by atoms with E-state index in [-0.39, 0.29) is 19.1 Å². The van der Waals surface area contributed by atoms with E-state index >= 15 is 0 Å². The Labute approximate surface area is 222 Å². The number of hydrogen-bond donors (Lipinski definition) is 2. The van der Waals surface area contributed by atoms with Gasteiger partial charge in [-0.15, -0.1) is 5.10 Å². The van der Waals surface area contributed by atoms with Crippen molar-refractivity contribution in [3.05, 3.63) is 48.2 Å². The number of rotatable bonds is 11. The van der Waals surface area contributed by atoms with E-state index in [2.05, 4.69) is 25.2 Å². The molecule has 2 heterocycles. The molecular formula is C28H48F2N2O5. The van der Waals surface area contributed by atoms with Gasteiger partial charge in [-0.2, -0.15) is 0 Å². The highest BCUT2D eigenvalue weighted by Gasteiger charge is 2.29. The summed E-state index contributed by atoms with van der Waals surface area (Å²) >= 11 is 0. The van der Waals surface area contributed by atoms with Gasteiger partial charge in [-0.25, -0.2) is 8.78 Å². The van der Waals surface area contributed by atoms with Gasteiger partial charge < -0.3 is 24.4 Å². The largest absolute Gasteiger partial charge is 0.453 e. The molecule has 4 unspecified atom stereocenters. The number of allylic oxidation sites excluding steroid dienone is 6. The monoisotopic (exact) mass is 530 g/mol. The Morgan fingerprint density at radius 1 is 1.22 bits per heavy atom. The Morgan fingerprint density at radius 2 is 1.86 bits per heavy atom. The highest BCUT2D eigenvalue weighted by Crippen LogP contribution is 2.24. The summed E-state index contributed by atoms with van der Waals surface area (Å²) in [7, 11) is 0. The van der Waals surface area contributed by atoms with Crippen LogP contribution in [0.1, 0.15) is 73.1 Å². The molecule has 0 aromatic heterocycles. The van der Waals surface area contributed by atoms with E-state index in [4.69, 9.17) is 14.2 Å². The molecule has 37 heavy (non-hydrogen) atoms. The lowest BCUT2D eigenvalue weighted by Gasteiger charge is -2.31. The molecule has 0 bridgehead atoms. The standard InChI is InChI=1S/C21H34N2O5.C4H8.C3H6F2/c1-5-15(2)6-7-16(3)17(4)23(18-8-9-26-13-18)22-14-27-21-11-19(25)10-20(12-24)28-21;1-3-4-2;1-2-3(4)5/h5,14,18-21,24-25H,1-2,6-13H2,3-4H3;3-4H,1-2H3;3H,2H2,1H3/b17-16+,22-14+;4-3-;. The summed E-state index contributed by atoms with van der Waals surface area (Å²) < 4.78 is 38.3. The van der Waals surface area contributed by atoms with E-state index in [0.29, 0.717) is 26.1 Å². The molecule has 2 fully saturated rings. The first kappa shape index (κ1) is 34.9. The van der Waals surface area contributed by atoms with Crippen LogP contribution < -0.4 is 0 Å². The third-order valence-corrected chi connectivity index (χ3v) is 5.90. The quantitative estimate of drug-likeness (QED) is 0.113. The van der Waals surface area contributed by atoms with Crippen LogP contribution in [-0.4, -0.2) is 72.4 Å². The van der Waals surface area contributed by atoms with Crippen molar-refractivity contribution in [1.29, 1.82) is 0 Å². The smallest absolute Gasteiger partial charge is 0.238 e. The first-order valence-corrected chi connectivity index (χ1v) is 12.9. The first-order valence-electron chi connectivity index (χ1n) is 12.9. The molecule has 4 atom stereocenters. The minimum atomic E-state index is -2.12. The molecule has 2 rings (SSSR count). The topological polar surface area (TPSA) is 83.8 Å². The van der Waals surface area contributed by atoms with Gasteiger partial charge in [-0.3, -0.25) is 5.01 Å². The summed E-state index contributed by atoms with van der Waals surface area (Å²) in [5.41, 5.74) is 3.29. The number of hydrazone groups is 1. The van der Waals surface area contributed by atoms with Crippen LogP contribution >= 0.6 is 0 Å². The molecule has 214 valence electrons. The minimum absolute atomic E-state index is 0.0278. The number of nitrogens with zero attached hydrogens (tertiary/aromatic N) is 2. The Kier molecular flexibility index (Phi) is 19.8. The van der Waals surface area contributed by atoms with Gasteiger partial charge in [-0.05, 0) is 47.0 Å². The molecule has 7 nitrogen and oxygen atoms in total. The average Bonchev–Trinajstić information content (AvgIpc) is 3.43. The van der Waals surface area contributed by atoms with Crippen molar-refractivity contribution in [1.82, 2.24) is 5.01 Å². The lowest BCUT2D eigenvalue weighted by Crippen LogP contribution is -2.39. The van der Waals surface area contributed by atoms with E-state index in [1.54, 1.807) is 6.08 Å². The molecule has 0 radical (unpaired) electrons. The molecule has 2 aliphatic heterocycles. The van der Waals surface area contributed by atoms with Crippen LogP contribution in [-0.2, 0) is 14.2 Å². The van der Waals surface area contributed by atoms with Crippen LogP contribution in [0.4, 0.5) is 8.78 Å². The SMILES string of the molecule is C/C=C\C.C=CC(=C)CC/C(C)=C(\C)N(/N=C/OC1CC(O)CC(CO)O1)C1CCOC1.CCC(F)F. The van der Waals surface area contributed by atoms with Crippen molar-refractivity contribution < 1.29 is 33.2 Å². The van der Waals surface area contributed by atoms with Crippen LogP contribution in [0.5, 0.6) is 0 Å². The maximum absolute atomic E-state index is 10.8. The fourth-order valence-electron chi connectivity index (χ4n) is 3.29. The van der Waals surface area contributed by atoms with E-state index < -0.39 is 24.9 Å². The Balaban J connectivity index is 0.00000124. The van der Waals surface area contributed by atoms with Crippen molar-refractivity contribution in [2.24, 2.45) is 5.10 Å². The lowest BCUT2D eigenvalue weighted by atomic mass is 10.0. The van der Waals surface area contributed by atoms with Crippen molar-refractivity contribution in [3.63, 3.8) is 0 Å². The van der Waals surface area contributed by atoms with Crippen LogP contribution in [0.25, 0.3) is 0 Å². The van der Waals surface area contributed by atoms with Gasteiger partial charge >= 0.3 is 0 Å². The van der Waals surface area contributed by atoms with Gasteiger partial charge in [0, 0.05) is 31.6 Å². The van der Waals surface area contributed by atoms with Crippen molar-refractivity contribution in [2.75, 3.05) is 19.8 Å². The zero-order chi connectivity index (χ0) is 28.2. The second kappa shape index (κ2) is 20.9. The summed E-state index contributed by atoms with van der Waals surface area (Å²) in [4.78, 5) is 0. The lowest BCUT2D eigenvalue weighted by molar-refractivity contribution is -0.188. The van der Waals surface area contributed by atoms with Gasteiger partial charge in [0.05, 0.1) is 31.5 Å². The van der Waals surface area contributed by atoms with Gasteiger partial charge in [0.2, 0.25) is 12.7 Å². The van der Waals surface area contributed by atoms with Gasteiger partial charge in [-0.1, -0.05) is 49.5 Å². The third kappa shape index (κ3) is 15.7. The average molecular weight is 531 g/mol. The minimum Gasteiger partial charge on any atom is -0.453 e. The molecule has 9 heteroatoms. The molecule has 0 aromatic rings. The van der Waals surface area contributed by atoms with E-state index in [1.165, 1.54) is 18.9 Å². The summed E-state index contributed by atoms with van der Waals surface area (Å²) in [6, 6.07) is 0.153. The summed E-state index contributed by atoms with van der Waals surface area (Å²) in [6.45, 7) is 18.5. The number of ether oxygens (including phenoxy) is 3. The number of alkyl halides is 2. The normalized spacial score (nSPS) is 24.2. The number of aliphatic hydroxyl groups excluding tert-OH is 2. The second-order valence-electron chi connectivity index (χ2n) is 8.91. The summed E-state index contributed by atoms with van der Waals surface area (Å²) in [5.74, 6) is 0. The van der Waals surface area contributed by atoms with Crippen molar-refractivity contribution in [2.45, 2.75) is 104 Å². The van der Waals surface area contributed by atoms with E-state index in [0.717, 1.165) is 30.5 Å².